The second kappa shape index (κ2) is 7.84. The monoisotopic (exact) mass is 214 g/mol. The molecule has 6 nitrogen and oxygen atoms in total. The maximum absolute atomic E-state index is 10.4. The Kier molecular flexibility index (Phi) is 8.92. The molecule has 0 aliphatic heterocycles. The number of hydrogen-bond acceptors (Lipinski definition) is 6. The number of carbonyl (C=O) groups excluding carboxylic acids is 3. The third kappa shape index (κ3) is 9.56. The summed E-state index contributed by atoms with van der Waals surface area (Å²) in [6.07, 6.45) is 0. The van der Waals surface area contributed by atoms with E-state index in [1.165, 1.54) is 0 Å². The Hall–Kier alpha value is -0.525. The van der Waals surface area contributed by atoms with Gasteiger partial charge in [-0.25, -0.2) is 0 Å². The summed E-state index contributed by atoms with van der Waals surface area (Å²) in [7, 11) is -1.59. The van der Waals surface area contributed by atoms with E-state index in [1.807, 2.05) is 0 Å². The van der Waals surface area contributed by atoms with Crippen molar-refractivity contribution in [2.45, 2.75) is 20.8 Å². The van der Waals surface area contributed by atoms with Crippen LogP contribution < -0.4 is 0 Å². The van der Waals surface area contributed by atoms with E-state index in [4.69, 9.17) is 0 Å². The van der Waals surface area contributed by atoms with Crippen molar-refractivity contribution in [1.82, 2.24) is 0 Å². The molecule has 0 atom stereocenters. The molecule has 76 valence electrons. The first kappa shape index (κ1) is 15.9. The molecule has 0 spiro atoms. The van der Waals surface area contributed by atoms with Crippen molar-refractivity contribution in [3.05, 3.63) is 0 Å². The maximum atomic E-state index is 10.4. The van der Waals surface area contributed by atoms with Gasteiger partial charge in [0.05, 0.1) is 0 Å². The SMILES string of the molecule is CC(=O)OB(OC(C)=O)OC(C)=O.[HH].[NaH]. The van der Waals surface area contributed by atoms with Crippen molar-refractivity contribution >= 4 is 54.8 Å². The molecule has 0 radical (unpaired) electrons. The van der Waals surface area contributed by atoms with E-state index in [9.17, 15) is 14.4 Å². The van der Waals surface area contributed by atoms with Crippen LogP contribution in [0.25, 0.3) is 0 Å². The molecular weight excluding hydrogens is 202 g/mol. The first-order chi connectivity index (χ1) is 5.91. The molecule has 14 heavy (non-hydrogen) atoms. The van der Waals surface area contributed by atoms with Gasteiger partial charge in [-0.05, 0) is 0 Å². The second-order valence-electron chi connectivity index (χ2n) is 2.12. The summed E-state index contributed by atoms with van der Waals surface area (Å²) in [5.74, 6) is -2.15. The standard InChI is InChI=1S/C6H9BO6.Na.H2.H/c1-4(8)11-7(12-5(2)9)13-6(3)10;;;/h1-3H3;;1H;. The Balaban J connectivity index is -0.000000720. The molecular formula is C6H12BNaO6. The average molecular weight is 214 g/mol. The molecule has 0 aliphatic rings. The Morgan fingerprint density at radius 1 is 0.857 bits per heavy atom. The summed E-state index contributed by atoms with van der Waals surface area (Å²) >= 11 is 0. The van der Waals surface area contributed by atoms with E-state index in [0.29, 0.717) is 0 Å². The number of rotatable bonds is 3. The Morgan fingerprint density at radius 2 is 1.07 bits per heavy atom. The van der Waals surface area contributed by atoms with Crippen LogP contribution in [-0.4, -0.2) is 54.8 Å². The van der Waals surface area contributed by atoms with Crippen LogP contribution in [0.3, 0.4) is 0 Å². The zero-order valence-corrected chi connectivity index (χ0v) is 7.53. The molecule has 0 bridgehead atoms. The molecule has 0 aromatic rings. The molecule has 0 saturated heterocycles. The third-order valence-electron chi connectivity index (χ3n) is 0.787. The quantitative estimate of drug-likeness (QED) is 0.575. The van der Waals surface area contributed by atoms with Crippen molar-refractivity contribution in [3.8, 4) is 0 Å². The van der Waals surface area contributed by atoms with Crippen molar-refractivity contribution < 1.29 is 29.8 Å². The minimum absolute atomic E-state index is 0. The van der Waals surface area contributed by atoms with Gasteiger partial charge in [-0.3, -0.25) is 14.4 Å². The first-order valence-electron chi connectivity index (χ1n) is 3.43. The van der Waals surface area contributed by atoms with Gasteiger partial charge < -0.3 is 14.0 Å². The van der Waals surface area contributed by atoms with Crippen molar-refractivity contribution in [3.63, 3.8) is 0 Å². The minimum atomic E-state index is -1.59. The topological polar surface area (TPSA) is 78.9 Å². The molecule has 0 aromatic carbocycles. The predicted molar refractivity (Wildman–Crippen MR) is 50.3 cm³/mol. The predicted octanol–water partition coefficient (Wildman–Crippen LogP) is -0.742. The van der Waals surface area contributed by atoms with E-state index in [2.05, 4.69) is 14.0 Å². The van der Waals surface area contributed by atoms with Gasteiger partial charge in [-0.1, -0.05) is 0 Å². The van der Waals surface area contributed by atoms with Crippen LogP contribution in [0, 0.1) is 0 Å². The summed E-state index contributed by atoms with van der Waals surface area (Å²) in [6, 6.07) is 0. The molecule has 0 fully saturated rings. The van der Waals surface area contributed by atoms with Gasteiger partial charge in [0, 0.05) is 22.2 Å². The molecule has 0 amide bonds. The third-order valence-corrected chi connectivity index (χ3v) is 0.787. The normalized spacial score (nSPS) is 7.93. The summed E-state index contributed by atoms with van der Waals surface area (Å²) in [5, 5.41) is 0. The van der Waals surface area contributed by atoms with Crippen LogP contribution in [0.4, 0.5) is 0 Å². The fourth-order valence-corrected chi connectivity index (χ4v) is 0.479. The van der Waals surface area contributed by atoms with E-state index in [1.54, 1.807) is 0 Å². The van der Waals surface area contributed by atoms with Crippen LogP contribution in [0.15, 0.2) is 0 Å². The van der Waals surface area contributed by atoms with Crippen molar-refractivity contribution in [2.24, 2.45) is 0 Å². The number of hydrogen-bond donors (Lipinski definition) is 0. The van der Waals surface area contributed by atoms with Gasteiger partial charge in [-0.15, -0.1) is 0 Å². The fraction of sp³-hybridized carbons (Fsp3) is 0.500. The fourth-order valence-electron chi connectivity index (χ4n) is 0.479. The van der Waals surface area contributed by atoms with Gasteiger partial charge in [0.1, 0.15) is 0 Å². The van der Waals surface area contributed by atoms with Gasteiger partial charge >= 0.3 is 36.9 Å². The van der Waals surface area contributed by atoms with Crippen LogP contribution in [0.5, 0.6) is 0 Å². The average Bonchev–Trinajstić information content (AvgIpc) is 1.80. The molecule has 0 rings (SSSR count). The molecule has 0 N–H and O–H groups in total. The van der Waals surface area contributed by atoms with E-state index in [0.717, 1.165) is 20.8 Å². The first-order valence-corrected chi connectivity index (χ1v) is 3.43. The van der Waals surface area contributed by atoms with Gasteiger partial charge in [0.25, 0.3) is 17.9 Å². The molecule has 0 heterocycles. The van der Waals surface area contributed by atoms with Gasteiger partial charge in [0.2, 0.25) is 0 Å². The number of carbonyl (C=O) groups is 3. The Labute approximate surface area is 105 Å². The molecule has 0 aliphatic carbocycles. The van der Waals surface area contributed by atoms with Crippen molar-refractivity contribution in [2.75, 3.05) is 0 Å². The Morgan fingerprint density at radius 3 is 1.21 bits per heavy atom. The molecule has 8 heteroatoms. The van der Waals surface area contributed by atoms with Crippen LogP contribution >= 0.6 is 0 Å². The Bertz CT molecular complexity index is 198. The van der Waals surface area contributed by atoms with E-state index >= 15 is 0 Å². The van der Waals surface area contributed by atoms with Crippen LogP contribution in [0.2, 0.25) is 0 Å². The second-order valence-corrected chi connectivity index (χ2v) is 2.12. The van der Waals surface area contributed by atoms with E-state index in [-0.39, 0.29) is 31.0 Å². The zero-order valence-electron chi connectivity index (χ0n) is 7.53. The van der Waals surface area contributed by atoms with Crippen LogP contribution in [0.1, 0.15) is 22.2 Å². The molecule has 0 aromatic heterocycles. The molecule has 0 unspecified atom stereocenters. The molecule has 0 saturated carbocycles. The summed E-state index contributed by atoms with van der Waals surface area (Å²) in [5.41, 5.74) is 0. The summed E-state index contributed by atoms with van der Waals surface area (Å²) in [4.78, 5) is 31.2. The zero-order chi connectivity index (χ0) is 10.4. The van der Waals surface area contributed by atoms with Crippen LogP contribution in [-0.2, 0) is 28.3 Å². The summed E-state index contributed by atoms with van der Waals surface area (Å²) in [6.45, 7) is 3.29. The summed E-state index contributed by atoms with van der Waals surface area (Å²) < 4.78 is 13.0. The van der Waals surface area contributed by atoms with E-state index < -0.39 is 25.2 Å². The van der Waals surface area contributed by atoms with Crippen molar-refractivity contribution in [1.29, 1.82) is 0 Å². The van der Waals surface area contributed by atoms with Gasteiger partial charge in [0.15, 0.2) is 0 Å². The van der Waals surface area contributed by atoms with Gasteiger partial charge in [-0.2, -0.15) is 0 Å².